The van der Waals surface area contributed by atoms with Gasteiger partial charge in [0, 0.05) is 5.92 Å². The van der Waals surface area contributed by atoms with Gasteiger partial charge in [-0.1, -0.05) is 90.2 Å². The number of carbonyl (C=O) groups excluding carboxylic acids is 1. The van der Waals surface area contributed by atoms with E-state index in [1.54, 1.807) is 0 Å². The molecule has 21 heavy (non-hydrogen) atoms. The highest BCUT2D eigenvalue weighted by molar-refractivity contribution is 6.20. The van der Waals surface area contributed by atoms with Crippen molar-refractivity contribution in [1.82, 2.24) is 0 Å². The van der Waals surface area contributed by atoms with Crippen molar-refractivity contribution in [2.45, 2.75) is 90.5 Å². The highest BCUT2D eigenvalue weighted by Gasteiger charge is 2.15. The summed E-state index contributed by atoms with van der Waals surface area (Å²) in [4.78, 5) is 11.3. The van der Waals surface area contributed by atoms with E-state index in [-0.39, 0.29) is 5.92 Å². The van der Waals surface area contributed by atoms with E-state index in [1.807, 2.05) is 13.8 Å². The van der Waals surface area contributed by atoms with Crippen LogP contribution in [-0.4, -0.2) is 18.3 Å². The average Bonchev–Trinajstić information content (AvgIpc) is 2.44. The largest absolute Gasteiger partial charge is 0.509 e. The van der Waals surface area contributed by atoms with Crippen LogP contribution in [0.5, 0.6) is 0 Å². The van der Waals surface area contributed by atoms with Gasteiger partial charge in [0.25, 0.3) is 0 Å². The van der Waals surface area contributed by atoms with E-state index in [9.17, 15) is 4.79 Å². The fourth-order valence-corrected chi connectivity index (χ4v) is 2.08. The summed E-state index contributed by atoms with van der Waals surface area (Å²) in [6.45, 7) is 6.46. The number of alkyl halides is 1. The van der Waals surface area contributed by atoms with Crippen LogP contribution in [0.15, 0.2) is 0 Å². The second-order valence-electron chi connectivity index (χ2n) is 5.99. The Bertz CT molecular complexity index is 244. The Morgan fingerprint density at radius 1 is 0.905 bits per heavy atom. The van der Waals surface area contributed by atoms with E-state index in [2.05, 4.69) is 6.92 Å². The SMILES string of the molecule is CCCCCCCCCCCCOC(=O)OC(Cl)C(C)C. The van der Waals surface area contributed by atoms with Crippen LogP contribution in [0.1, 0.15) is 85.0 Å². The van der Waals surface area contributed by atoms with Gasteiger partial charge in [-0.15, -0.1) is 0 Å². The van der Waals surface area contributed by atoms with Crippen molar-refractivity contribution in [2.75, 3.05) is 6.61 Å². The molecule has 0 aromatic carbocycles. The molecular formula is C17H33ClO3. The van der Waals surface area contributed by atoms with Crippen LogP contribution in [0.2, 0.25) is 0 Å². The zero-order valence-corrected chi connectivity index (χ0v) is 14.8. The van der Waals surface area contributed by atoms with Crippen LogP contribution in [0.25, 0.3) is 0 Å². The van der Waals surface area contributed by atoms with E-state index in [1.165, 1.54) is 51.4 Å². The monoisotopic (exact) mass is 320 g/mol. The molecule has 0 fully saturated rings. The molecule has 3 nitrogen and oxygen atoms in total. The lowest BCUT2D eigenvalue weighted by molar-refractivity contribution is 0.0340. The van der Waals surface area contributed by atoms with Gasteiger partial charge in [0.2, 0.25) is 0 Å². The molecule has 0 heterocycles. The molecule has 0 aliphatic rings. The second kappa shape index (κ2) is 14.5. The fourth-order valence-electron chi connectivity index (χ4n) is 2.01. The normalized spacial score (nSPS) is 12.4. The first-order valence-electron chi connectivity index (χ1n) is 8.55. The molecule has 0 aromatic heterocycles. The van der Waals surface area contributed by atoms with Crippen molar-refractivity contribution < 1.29 is 14.3 Å². The Morgan fingerprint density at radius 2 is 1.38 bits per heavy atom. The molecule has 1 unspecified atom stereocenters. The van der Waals surface area contributed by atoms with Crippen LogP contribution in [-0.2, 0) is 9.47 Å². The maximum atomic E-state index is 11.3. The molecule has 0 saturated heterocycles. The fraction of sp³-hybridized carbons (Fsp3) is 0.941. The molecule has 1 atom stereocenters. The Morgan fingerprint density at radius 3 is 1.86 bits per heavy atom. The molecule has 0 saturated carbocycles. The molecule has 0 aromatic rings. The van der Waals surface area contributed by atoms with Crippen LogP contribution in [0.3, 0.4) is 0 Å². The van der Waals surface area contributed by atoms with Crippen LogP contribution >= 0.6 is 11.6 Å². The summed E-state index contributed by atoms with van der Waals surface area (Å²) in [5, 5.41) is 0. The summed E-state index contributed by atoms with van der Waals surface area (Å²) >= 11 is 5.83. The molecule has 0 radical (unpaired) electrons. The number of rotatable bonds is 13. The van der Waals surface area contributed by atoms with E-state index in [4.69, 9.17) is 21.1 Å². The van der Waals surface area contributed by atoms with Gasteiger partial charge < -0.3 is 9.47 Å². The van der Waals surface area contributed by atoms with E-state index < -0.39 is 11.7 Å². The van der Waals surface area contributed by atoms with E-state index in [0.29, 0.717) is 6.61 Å². The summed E-state index contributed by atoms with van der Waals surface area (Å²) in [5.41, 5.74) is -0.606. The quantitative estimate of drug-likeness (QED) is 0.227. The van der Waals surface area contributed by atoms with Gasteiger partial charge in [0.15, 0.2) is 5.56 Å². The first-order valence-corrected chi connectivity index (χ1v) is 8.99. The van der Waals surface area contributed by atoms with Crippen molar-refractivity contribution >= 4 is 17.8 Å². The van der Waals surface area contributed by atoms with E-state index in [0.717, 1.165) is 12.8 Å². The zero-order chi connectivity index (χ0) is 15.9. The minimum atomic E-state index is -0.653. The topological polar surface area (TPSA) is 35.5 Å². The summed E-state index contributed by atoms with van der Waals surface area (Å²) in [6.07, 6.45) is 12.0. The third-order valence-electron chi connectivity index (χ3n) is 3.45. The highest BCUT2D eigenvalue weighted by Crippen LogP contribution is 2.13. The molecule has 4 heteroatoms. The minimum Gasteiger partial charge on any atom is -0.434 e. The number of ether oxygens (including phenoxy) is 2. The minimum absolute atomic E-state index is 0.0940. The lowest BCUT2D eigenvalue weighted by atomic mass is 10.1. The van der Waals surface area contributed by atoms with Crippen LogP contribution < -0.4 is 0 Å². The lowest BCUT2D eigenvalue weighted by Crippen LogP contribution is -2.19. The van der Waals surface area contributed by atoms with Crippen molar-refractivity contribution in [3.63, 3.8) is 0 Å². The molecule has 126 valence electrons. The van der Waals surface area contributed by atoms with Crippen molar-refractivity contribution in [2.24, 2.45) is 5.92 Å². The molecule has 0 spiro atoms. The van der Waals surface area contributed by atoms with Gasteiger partial charge in [-0.3, -0.25) is 0 Å². The lowest BCUT2D eigenvalue weighted by Gasteiger charge is -2.13. The third kappa shape index (κ3) is 14.3. The summed E-state index contributed by atoms with van der Waals surface area (Å²) in [6, 6.07) is 0. The zero-order valence-electron chi connectivity index (χ0n) is 14.0. The van der Waals surface area contributed by atoms with Crippen molar-refractivity contribution in [3.8, 4) is 0 Å². The van der Waals surface area contributed by atoms with Gasteiger partial charge in [0.1, 0.15) is 0 Å². The number of carbonyl (C=O) groups is 1. The number of hydrogen-bond acceptors (Lipinski definition) is 3. The molecular weight excluding hydrogens is 288 g/mol. The van der Waals surface area contributed by atoms with Crippen molar-refractivity contribution in [3.05, 3.63) is 0 Å². The Labute approximate surface area is 135 Å². The summed E-state index contributed by atoms with van der Waals surface area (Å²) in [7, 11) is 0. The maximum Gasteiger partial charge on any atom is 0.509 e. The van der Waals surface area contributed by atoms with Gasteiger partial charge in [-0.2, -0.15) is 0 Å². The van der Waals surface area contributed by atoms with Gasteiger partial charge in [-0.25, -0.2) is 4.79 Å². The molecule has 0 aliphatic carbocycles. The molecule has 0 aliphatic heterocycles. The molecule has 0 bridgehead atoms. The smallest absolute Gasteiger partial charge is 0.434 e. The molecule has 0 amide bonds. The summed E-state index contributed by atoms with van der Waals surface area (Å²) < 4.78 is 9.90. The van der Waals surface area contributed by atoms with Gasteiger partial charge >= 0.3 is 6.16 Å². The first-order chi connectivity index (χ1) is 10.1. The van der Waals surface area contributed by atoms with E-state index >= 15 is 0 Å². The predicted octanol–water partition coefficient (Wildman–Crippen LogP) is 6.28. The third-order valence-corrected chi connectivity index (χ3v) is 4.04. The standard InChI is InChI=1S/C17H33ClO3/c1-4-5-6-7-8-9-10-11-12-13-14-20-17(19)21-16(18)15(2)3/h15-16H,4-14H2,1-3H3. The Balaban J connectivity index is 3.23. The Kier molecular flexibility index (Phi) is 14.2. The molecule has 0 N–H and O–H groups in total. The number of hydrogen-bond donors (Lipinski definition) is 0. The summed E-state index contributed by atoms with van der Waals surface area (Å²) in [5.74, 6) is 0.0940. The van der Waals surface area contributed by atoms with Crippen LogP contribution in [0, 0.1) is 5.92 Å². The highest BCUT2D eigenvalue weighted by atomic mass is 35.5. The average molecular weight is 321 g/mol. The Hall–Kier alpha value is -0.440. The predicted molar refractivity (Wildman–Crippen MR) is 88.8 cm³/mol. The van der Waals surface area contributed by atoms with Gasteiger partial charge in [0.05, 0.1) is 6.61 Å². The number of unbranched alkanes of at least 4 members (excludes halogenated alkanes) is 9. The molecule has 0 rings (SSSR count). The van der Waals surface area contributed by atoms with Gasteiger partial charge in [-0.05, 0) is 6.42 Å². The first kappa shape index (κ1) is 20.6. The van der Waals surface area contributed by atoms with Crippen LogP contribution in [0.4, 0.5) is 4.79 Å². The maximum absolute atomic E-state index is 11.3. The number of halogens is 1. The van der Waals surface area contributed by atoms with Crippen molar-refractivity contribution in [1.29, 1.82) is 0 Å². The second-order valence-corrected chi connectivity index (χ2v) is 6.42.